The van der Waals surface area contributed by atoms with Gasteiger partial charge in [0.1, 0.15) is 24.7 Å². The number of aliphatic imine (C=N–C) groups is 1. The summed E-state index contributed by atoms with van der Waals surface area (Å²) in [5.74, 6) is -1.78. The van der Waals surface area contributed by atoms with Crippen LogP contribution in [0.2, 0.25) is 0 Å². The first-order chi connectivity index (χ1) is 13.6. The summed E-state index contributed by atoms with van der Waals surface area (Å²) in [5.41, 5.74) is 0.293. The molecule has 0 aromatic heterocycles. The van der Waals surface area contributed by atoms with Gasteiger partial charge in [0.15, 0.2) is 5.96 Å². The smallest absolute Gasteiger partial charge is 0.367 e. The standard InChI is InChI=1S/C18H24F5N5O.HI/c1-3-24-17(25-9-16(29)27(2)11-18(21,22)23)26-13-6-7-28(10-13)15-5-4-12(19)8-14(15)20;/h4-5,8,13H,3,6-7,9-11H2,1-2H3,(H2,24,25,26);1H. The van der Waals surface area contributed by atoms with Crippen molar-refractivity contribution in [3.63, 3.8) is 0 Å². The zero-order valence-corrected chi connectivity index (χ0v) is 18.9. The second-order valence-electron chi connectivity index (χ2n) is 6.73. The highest BCUT2D eigenvalue weighted by Crippen LogP contribution is 2.24. The molecule has 1 aromatic rings. The predicted octanol–water partition coefficient (Wildman–Crippen LogP) is 2.74. The molecule has 0 radical (unpaired) electrons. The van der Waals surface area contributed by atoms with E-state index in [0.717, 1.165) is 13.1 Å². The first-order valence-electron chi connectivity index (χ1n) is 9.14. The van der Waals surface area contributed by atoms with Crippen LogP contribution in [0.25, 0.3) is 0 Å². The summed E-state index contributed by atoms with van der Waals surface area (Å²) in [7, 11) is 1.07. The van der Waals surface area contributed by atoms with Crippen molar-refractivity contribution in [1.29, 1.82) is 0 Å². The normalized spacial score (nSPS) is 16.8. The molecule has 12 heteroatoms. The molecule has 1 aliphatic rings. The van der Waals surface area contributed by atoms with E-state index in [1.54, 1.807) is 4.90 Å². The summed E-state index contributed by atoms with van der Waals surface area (Å²) in [4.78, 5) is 18.2. The number of nitrogens with zero attached hydrogens (tertiary/aromatic N) is 3. The molecule has 0 saturated carbocycles. The van der Waals surface area contributed by atoms with Crippen molar-refractivity contribution in [1.82, 2.24) is 15.5 Å². The molecule has 1 heterocycles. The monoisotopic (exact) mass is 549 g/mol. The third-order valence-electron chi connectivity index (χ3n) is 4.34. The minimum atomic E-state index is -4.47. The zero-order valence-electron chi connectivity index (χ0n) is 16.6. The Morgan fingerprint density at radius 1 is 1.33 bits per heavy atom. The lowest BCUT2D eigenvalue weighted by molar-refractivity contribution is -0.157. The van der Waals surface area contributed by atoms with Crippen molar-refractivity contribution in [2.24, 2.45) is 4.99 Å². The Balaban J connectivity index is 0.00000450. The van der Waals surface area contributed by atoms with Gasteiger partial charge in [-0.1, -0.05) is 0 Å². The van der Waals surface area contributed by atoms with Gasteiger partial charge in [-0.05, 0) is 25.5 Å². The fraction of sp³-hybridized carbons (Fsp3) is 0.556. The quantitative estimate of drug-likeness (QED) is 0.248. The van der Waals surface area contributed by atoms with Gasteiger partial charge in [-0.15, -0.1) is 24.0 Å². The van der Waals surface area contributed by atoms with Crippen molar-refractivity contribution in [2.45, 2.75) is 25.6 Å². The third kappa shape index (κ3) is 8.11. The maximum Gasteiger partial charge on any atom is 0.406 e. The number of guanidine groups is 1. The minimum absolute atomic E-state index is 0. The molecule has 1 aliphatic heterocycles. The highest BCUT2D eigenvalue weighted by atomic mass is 127. The number of carbonyl (C=O) groups is 1. The summed E-state index contributed by atoms with van der Waals surface area (Å²) >= 11 is 0. The number of halogens is 6. The van der Waals surface area contributed by atoms with E-state index in [-0.39, 0.29) is 36.0 Å². The average molecular weight is 549 g/mol. The van der Waals surface area contributed by atoms with E-state index >= 15 is 0 Å². The Bertz CT molecular complexity index is 746. The number of rotatable bonds is 6. The fourth-order valence-corrected chi connectivity index (χ4v) is 2.97. The van der Waals surface area contributed by atoms with Gasteiger partial charge >= 0.3 is 6.18 Å². The molecular weight excluding hydrogens is 524 g/mol. The molecule has 2 N–H and O–H groups in total. The minimum Gasteiger partial charge on any atom is -0.367 e. The van der Waals surface area contributed by atoms with E-state index in [2.05, 4.69) is 15.6 Å². The molecule has 1 fully saturated rings. The number of hydrogen-bond acceptors (Lipinski definition) is 3. The molecule has 0 spiro atoms. The van der Waals surface area contributed by atoms with E-state index < -0.39 is 36.8 Å². The van der Waals surface area contributed by atoms with E-state index in [9.17, 15) is 26.7 Å². The van der Waals surface area contributed by atoms with Gasteiger partial charge < -0.3 is 20.4 Å². The number of anilines is 1. The number of likely N-dealkylation sites (N-methyl/N-ethyl adjacent to an activating group) is 1. The van der Waals surface area contributed by atoms with Gasteiger partial charge in [-0.3, -0.25) is 4.79 Å². The number of amides is 1. The summed E-state index contributed by atoms with van der Waals surface area (Å²) in [5, 5.41) is 6.03. The lowest BCUT2D eigenvalue weighted by atomic mass is 10.2. The number of alkyl halides is 3. The molecule has 1 aromatic carbocycles. The Labute approximate surface area is 188 Å². The fourth-order valence-electron chi connectivity index (χ4n) is 2.97. The second kappa shape index (κ2) is 11.5. The van der Waals surface area contributed by atoms with Crippen LogP contribution in [-0.4, -0.2) is 68.8 Å². The van der Waals surface area contributed by atoms with Crippen LogP contribution >= 0.6 is 24.0 Å². The third-order valence-corrected chi connectivity index (χ3v) is 4.34. The molecule has 2 rings (SSSR count). The molecular formula is C18H25F5IN5O. The summed E-state index contributed by atoms with van der Waals surface area (Å²) in [6.07, 6.45) is -3.83. The Hall–Kier alpha value is -1.86. The van der Waals surface area contributed by atoms with E-state index in [4.69, 9.17) is 0 Å². The first-order valence-corrected chi connectivity index (χ1v) is 9.14. The van der Waals surface area contributed by atoms with Crippen molar-refractivity contribution in [3.8, 4) is 0 Å². The Kier molecular flexibility index (Phi) is 10.0. The molecule has 1 atom stereocenters. The lowest BCUT2D eigenvalue weighted by Gasteiger charge is -2.21. The van der Waals surface area contributed by atoms with Gasteiger partial charge in [-0.2, -0.15) is 13.2 Å². The van der Waals surface area contributed by atoms with Gasteiger partial charge in [-0.25, -0.2) is 13.8 Å². The summed E-state index contributed by atoms with van der Waals surface area (Å²) < 4.78 is 64.2. The number of hydrogen-bond donors (Lipinski definition) is 2. The van der Waals surface area contributed by atoms with Crippen LogP contribution in [0.5, 0.6) is 0 Å². The maximum atomic E-state index is 14.0. The van der Waals surface area contributed by atoms with Crippen LogP contribution in [0.1, 0.15) is 13.3 Å². The van der Waals surface area contributed by atoms with Crippen LogP contribution in [0.4, 0.5) is 27.6 Å². The van der Waals surface area contributed by atoms with Crippen LogP contribution < -0.4 is 15.5 Å². The number of benzene rings is 1. The van der Waals surface area contributed by atoms with Gasteiger partial charge in [0, 0.05) is 38.8 Å². The number of nitrogens with one attached hydrogen (secondary N) is 2. The van der Waals surface area contributed by atoms with Crippen molar-refractivity contribution in [3.05, 3.63) is 29.8 Å². The molecule has 0 bridgehead atoms. The molecule has 6 nitrogen and oxygen atoms in total. The first kappa shape index (κ1) is 26.2. The van der Waals surface area contributed by atoms with Crippen LogP contribution in [0.15, 0.2) is 23.2 Å². The number of carbonyl (C=O) groups excluding carboxylic acids is 1. The zero-order chi connectivity index (χ0) is 21.6. The van der Waals surface area contributed by atoms with Crippen molar-refractivity contribution in [2.75, 3.05) is 44.7 Å². The molecule has 1 amide bonds. The largest absolute Gasteiger partial charge is 0.406 e. The second-order valence-corrected chi connectivity index (χ2v) is 6.73. The molecule has 30 heavy (non-hydrogen) atoms. The lowest BCUT2D eigenvalue weighted by Crippen LogP contribution is -2.45. The van der Waals surface area contributed by atoms with E-state index in [1.807, 2.05) is 6.92 Å². The summed E-state index contributed by atoms with van der Waals surface area (Å²) in [6, 6.07) is 3.26. The van der Waals surface area contributed by atoms with Gasteiger partial charge in [0.2, 0.25) is 5.91 Å². The summed E-state index contributed by atoms with van der Waals surface area (Å²) in [6.45, 7) is 1.48. The Morgan fingerprint density at radius 3 is 2.63 bits per heavy atom. The SMILES string of the molecule is CCNC(=NCC(=O)N(C)CC(F)(F)F)NC1CCN(c2ccc(F)cc2F)C1.I. The predicted molar refractivity (Wildman–Crippen MR) is 115 cm³/mol. The maximum absolute atomic E-state index is 14.0. The molecule has 1 unspecified atom stereocenters. The van der Waals surface area contributed by atoms with Crippen molar-refractivity contribution < 1.29 is 26.7 Å². The van der Waals surface area contributed by atoms with Gasteiger partial charge in [0.25, 0.3) is 0 Å². The topological polar surface area (TPSA) is 60.0 Å². The molecule has 170 valence electrons. The van der Waals surface area contributed by atoms with Crippen LogP contribution in [-0.2, 0) is 4.79 Å². The van der Waals surface area contributed by atoms with Crippen LogP contribution in [0.3, 0.4) is 0 Å². The molecule has 1 saturated heterocycles. The Morgan fingerprint density at radius 2 is 2.03 bits per heavy atom. The highest BCUT2D eigenvalue weighted by molar-refractivity contribution is 14.0. The van der Waals surface area contributed by atoms with Crippen LogP contribution in [0, 0.1) is 11.6 Å². The van der Waals surface area contributed by atoms with E-state index in [0.29, 0.717) is 36.6 Å². The average Bonchev–Trinajstić information content (AvgIpc) is 3.06. The van der Waals surface area contributed by atoms with E-state index in [1.165, 1.54) is 12.1 Å². The molecule has 0 aliphatic carbocycles. The van der Waals surface area contributed by atoms with Gasteiger partial charge in [0.05, 0.1) is 5.69 Å². The highest BCUT2D eigenvalue weighted by Gasteiger charge is 2.31. The van der Waals surface area contributed by atoms with Crippen molar-refractivity contribution >= 4 is 41.5 Å².